The molecule has 0 amide bonds. The van der Waals surface area contributed by atoms with E-state index in [9.17, 15) is 0 Å². The topological polar surface area (TPSA) is 29.9 Å². The second kappa shape index (κ2) is 3.91. The van der Waals surface area contributed by atoms with E-state index >= 15 is 0 Å². The van der Waals surface area contributed by atoms with Crippen LogP contribution in [0, 0.1) is 13.8 Å². The van der Waals surface area contributed by atoms with E-state index in [1.54, 1.807) is 0 Å². The van der Waals surface area contributed by atoms with Crippen LogP contribution in [0.5, 0.6) is 0 Å². The lowest BCUT2D eigenvalue weighted by Gasteiger charge is -2.27. The van der Waals surface area contributed by atoms with Crippen molar-refractivity contribution in [3.05, 3.63) is 47.3 Å². The van der Waals surface area contributed by atoms with Gasteiger partial charge in [0, 0.05) is 18.9 Å². The number of hydrogen-bond donors (Lipinski definition) is 1. The van der Waals surface area contributed by atoms with Crippen molar-refractivity contribution in [3.63, 3.8) is 0 Å². The minimum Gasteiger partial charge on any atom is -0.349 e. The Kier molecular flexibility index (Phi) is 2.39. The van der Waals surface area contributed by atoms with Crippen molar-refractivity contribution in [3.8, 4) is 0 Å². The summed E-state index contributed by atoms with van der Waals surface area (Å²) in [5.74, 6) is 0.988. The van der Waals surface area contributed by atoms with Crippen molar-refractivity contribution < 1.29 is 0 Å². The van der Waals surface area contributed by atoms with Crippen LogP contribution in [0.15, 0.2) is 30.6 Å². The van der Waals surface area contributed by atoms with Gasteiger partial charge in [0.05, 0.1) is 6.04 Å². The van der Waals surface area contributed by atoms with Crippen molar-refractivity contribution in [2.24, 2.45) is 0 Å². The molecule has 2 heterocycles. The molecule has 17 heavy (non-hydrogen) atoms. The maximum Gasteiger partial charge on any atom is 0.203 e. The predicted octanol–water partition coefficient (Wildman–Crippen LogP) is 3.06. The third-order valence-electron chi connectivity index (χ3n) is 3.49. The molecule has 0 saturated heterocycles. The van der Waals surface area contributed by atoms with Gasteiger partial charge < -0.3 is 9.88 Å². The molecule has 1 unspecified atom stereocenters. The first-order valence-corrected chi connectivity index (χ1v) is 6.09. The van der Waals surface area contributed by atoms with Crippen LogP contribution in [-0.2, 0) is 6.54 Å². The number of nitrogens with one attached hydrogen (secondary N) is 1. The Morgan fingerprint density at radius 2 is 2.24 bits per heavy atom. The molecule has 1 aliphatic heterocycles. The Hall–Kier alpha value is -1.77. The summed E-state index contributed by atoms with van der Waals surface area (Å²) in [4.78, 5) is 4.34. The van der Waals surface area contributed by atoms with Gasteiger partial charge in [-0.2, -0.15) is 0 Å². The largest absolute Gasteiger partial charge is 0.349 e. The van der Waals surface area contributed by atoms with Gasteiger partial charge in [-0.05, 0) is 31.4 Å². The molecule has 88 valence electrons. The summed E-state index contributed by atoms with van der Waals surface area (Å²) in [6.07, 6.45) is 5.00. The first-order valence-electron chi connectivity index (χ1n) is 6.09. The molecule has 1 N–H and O–H groups in total. The zero-order chi connectivity index (χ0) is 11.8. The van der Waals surface area contributed by atoms with Crippen molar-refractivity contribution in [2.45, 2.75) is 32.9 Å². The number of imidazole rings is 1. The highest BCUT2D eigenvalue weighted by atomic mass is 15.2. The Morgan fingerprint density at radius 3 is 3.12 bits per heavy atom. The fourth-order valence-corrected chi connectivity index (χ4v) is 2.49. The van der Waals surface area contributed by atoms with Gasteiger partial charge in [0.25, 0.3) is 0 Å². The van der Waals surface area contributed by atoms with E-state index in [-0.39, 0.29) is 0 Å². The first-order chi connectivity index (χ1) is 8.24. The van der Waals surface area contributed by atoms with Crippen LogP contribution in [0.2, 0.25) is 0 Å². The van der Waals surface area contributed by atoms with E-state index in [2.05, 4.69) is 46.9 Å². The van der Waals surface area contributed by atoms with Crippen LogP contribution in [-0.4, -0.2) is 9.55 Å². The number of nitrogens with zero attached hydrogens (tertiary/aromatic N) is 2. The highest BCUT2D eigenvalue weighted by Crippen LogP contribution is 2.29. The molecule has 3 rings (SSSR count). The van der Waals surface area contributed by atoms with Gasteiger partial charge in [0.2, 0.25) is 5.95 Å². The van der Waals surface area contributed by atoms with Gasteiger partial charge in [0.15, 0.2) is 0 Å². The third-order valence-corrected chi connectivity index (χ3v) is 3.49. The molecule has 0 aliphatic carbocycles. The van der Waals surface area contributed by atoms with Crippen LogP contribution in [0.4, 0.5) is 5.95 Å². The van der Waals surface area contributed by atoms with Gasteiger partial charge in [0.1, 0.15) is 0 Å². The van der Waals surface area contributed by atoms with E-state index in [1.807, 2.05) is 12.4 Å². The van der Waals surface area contributed by atoms with E-state index in [0.29, 0.717) is 6.04 Å². The highest BCUT2D eigenvalue weighted by molar-refractivity contribution is 5.40. The molecule has 3 nitrogen and oxygen atoms in total. The molecule has 1 atom stereocenters. The fourth-order valence-electron chi connectivity index (χ4n) is 2.49. The SMILES string of the molecule is Cc1ccc(C)c(C2CCn3ccnc3N2)c1. The zero-order valence-corrected chi connectivity index (χ0v) is 10.3. The summed E-state index contributed by atoms with van der Waals surface area (Å²) in [6, 6.07) is 7.05. The molecule has 0 spiro atoms. The average molecular weight is 227 g/mol. The fraction of sp³-hybridized carbons (Fsp3) is 0.357. The number of rotatable bonds is 1. The number of anilines is 1. The molecule has 3 heteroatoms. The molecule has 0 bridgehead atoms. The number of aryl methyl sites for hydroxylation is 3. The zero-order valence-electron chi connectivity index (χ0n) is 10.3. The van der Waals surface area contributed by atoms with Crippen LogP contribution >= 0.6 is 0 Å². The molecule has 1 aliphatic rings. The smallest absolute Gasteiger partial charge is 0.203 e. The third kappa shape index (κ3) is 1.82. The summed E-state index contributed by atoms with van der Waals surface area (Å²) >= 11 is 0. The van der Waals surface area contributed by atoms with Crippen LogP contribution in [0.3, 0.4) is 0 Å². The first kappa shape index (κ1) is 10.4. The van der Waals surface area contributed by atoms with Crippen molar-refractivity contribution in [2.75, 3.05) is 5.32 Å². The van der Waals surface area contributed by atoms with Gasteiger partial charge in [-0.3, -0.25) is 0 Å². The maximum atomic E-state index is 4.34. The Morgan fingerprint density at radius 1 is 1.35 bits per heavy atom. The number of benzene rings is 1. The Bertz CT molecular complexity index is 542. The normalized spacial score (nSPS) is 18.6. The lowest BCUT2D eigenvalue weighted by Crippen LogP contribution is -2.22. The maximum absolute atomic E-state index is 4.34. The summed E-state index contributed by atoms with van der Waals surface area (Å²) in [7, 11) is 0. The van der Waals surface area contributed by atoms with Gasteiger partial charge in [-0.25, -0.2) is 4.98 Å². The van der Waals surface area contributed by atoms with E-state index in [0.717, 1.165) is 18.9 Å². The van der Waals surface area contributed by atoms with Crippen molar-refractivity contribution in [1.82, 2.24) is 9.55 Å². The van der Waals surface area contributed by atoms with Crippen molar-refractivity contribution >= 4 is 5.95 Å². The van der Waals surface area contributed by atoms with Gasteiger partial charge in [-0.1, -0.05) is 23.8 Å². The van der Waals surface area contributed by atoms with Crippen molar-refractivity contribution in [1.29, 1.82) is 0 Å². The molecule has 1 aromatic carbocycles. The molecule has 0 radical (unpaired) electrons. The van der Waals surface area contributed by atoms with Gasteiger partial charge in [-0.15, -0.1) is 0 Å². The van der Waals surface area contributed by atoms with Gasteiger partial charge >= 0.3 is 0 Å². The van der Waals surface area contributed by atoms with Crippen LogP contribution in [0.1, 0.15) is 29.2 Å². The Labute approximate surface area is 101 Å². The quantitative estimate of drug-likeness (QED) is 0.811. The van der Waals surface area contributed by atoms with E-state index in [1.165, 1.54) is 16.7 Å². The highest BCUT2D eigenvalue weighted by Gasteiger charge is 2.20. The standard InChI is InChI=1S/C14H17N3/c1-10-3-4-11(2)12(9-10)13-5-7-17-8-6-15-14(17)16-13/h3-4,6,8-9,13H,5,7H2,1-2H3,(H,15,16). The second-order valence-electron chi connectivity index (χ2n) is 4.79. The summed E-state index contributed by atoms with van der Waals surface area (Å²) in [5, 5.41) is 3.51. The second-order valence-corrected chi connectivity index (χ2v) is 4.79. The van der Waals surface area contributed by atoms with Crippen LogP contribution < -0.4 is 5.32 Å². The summed E-state index contributed by atoms with van der Waals surface area (Å²) in [6.45, 7) is 5.37. The lowest BCUT2D eigenvalue weighted by molar-refractivity contribution is 0.541. The lowest BCUT2D eigenvalue weighted by atomic mass is 9.96. The number of hydrogen-bond acceptors (Lipinski definition) is 2. The number of aromatic nitrogens is 2. The summed E-state index contributed by atoms with van der Waals surface area (Å²) in [5.41, 5.74) is 4.08. The number of fused-ring (bicyclic) bond motifs is 1. The average Bonchev–Trinajstić information content (AvgIpc) is 2.79. The molecule has 2 aromatic rings. The minimum absolute atomic E-state index is 0.393. The minimum atomic E-state index is 0.393. The molecular formula is C14H17N3. The molecule has 1 aromatic heterocycles. The Balaban J connectivity index is 1.94. The molecule has 0 fully saturated rings. The van der Waals surface area contributed by atoms with E-state index < -0.39 is 0 Å². The molecular weight excluding hydrogens is 210 g/mol. The van der Waals surface area contributed by atoms with Crippen LogP contribution in [0.25, 0.3) is 0 Å². The monoisotopic (exact) mass is 227 g/mol. The molecule has 0 saturated carbocycles. The van der Waals surface area contributed by atoms with E-state index in [4.69, 9.17) is 0 Å². The summed E-state index contributed by atoms with van der Waals surface area (Å²) < 4.78 is 2.17. The predicted molar refractivity (Wildman–Crippen MR) is 69.1 cm³/mol.